The number of nitrogens with zero attached hydrogens (tertiary/aromatic N) is 1. The van der Waals surface area contributed by atoms with Crippen LogP contribution in [0.1, 0.15) is 5.56 Å². The Morgan fingerprint density at radius 2 is 2.11 bits per heavy atom. The van der Waals surface area contributed by atoms with Crippen LogP contribution in [0.15, 0.2) is 36.5 Å². The van der Waals surface area contributed by atoms with Crippen LogP contribution in [0, 0.1) is 0 Å². The minimum Gasteiger partial charge on any atom is -0.372 e. The summed E-state index contributed by atoms with van der Waals surface area (Å²) >= 11 is 0. The van der Waals surface area contributed by atoms with Crippen molar-refractivity contribution in [2.24, 2.45) is 5.73 Å². The molecule has 0 saturated carbocycles. The molecule has 0 spiro atoms. The summed E-state index contributed by atoms with van der Waals surface area (Å²) in [6.07, 6.45) is 2.10. The molecule has 1 aromatic heterocycles. The SMILES string of the molecule is NCCOCC(=O)Cc1ccnc2ccccc12. The molecular weight excluding hydrogens is 228 g/mol. The second kappa shape index (κ2) is 6.23. The van der Waals surface area contributed by atoms with Gasteiger partial charge in [0, 0.05) is 24.5 Å². The number of Topliss-reactive ketones (excluding diaryl/α,β-unsaturated/α-hetero) is 1. The van der Waals surface area contributed by atoms with Crippen LogP contribution in [0.25, 0.3) is 10.9 Å². The Hall–Kier alpha value is -1.78. The third-order valence-electron chi connectivity index (χ3n) is 2.65. The van der Waals surface area contributed by atoms with E-state index >= 15 is 0 Å². The number of carbonyl (C=O) groups excluding carboxylic acids is 1. The highest BCUT2D eigenvalue weighted by molar-refractivity contribution is 5.89. The zero-order chi connectivity index (χ0) is 12.8. The van der Waals surface area contributed by atoms with Crippen LogP contribution in [0.4, 0.5) is 0 Å². The van der Waals surface area contributed by atoms with Gasteiger partial charge in [0.05, 0.1) is 12.1 Å². The predicted octanol–water partition coefficient (Wildman–Crippen LogP) is 1.32. The first-order valence-corrected chi connectivity index (χ1v) is 5.93. The quantitative estimate of drug-likeness (QED) is 0.778. The smallest absolute Gasteiger partial charge is 0.162 e. The first kappa shape index (κ1) is 12.7. The van der Waals surface area contributed by atoms with Crippen LogP contribution < -0.4 is 5.73 Å². The van der Waals surface area contributed by atoms with E-state index in [1.807, 2.05) is 30.3 Å². The molecule has 0 fully saturated rings. The van der Waals surface area contributed by atoms with Crippen molar-refractivity contribution in [1.29, 1.82) is 0 Å². The lowest BCUT2D eigenvalue weighted by Gasteiger charge is -2.05. The highest BCUT2D eigenvalue weighted by Gasteiger charge is 2.07. The Kier molecular flexibility index (Phi) is 4.39. The van der Waals surface area contributed by atoms with E-state index in [0.29, 0.717) is 19.6 Å². The van der Waals surface area contributed by atoms with E-state index < -0.39 is 0 Å². The minimum absolute atomic E-state index is 0.0554. The summed E-state index contributed by atoms with van der Waals surface area (Å²) in [4.78, 5) is 16.0. The van der Waals surface area contributed by atoms with E-state index in [1.54, 1.807) is 6.20 Å². The van der Waals surface area contributed by atoms with Gasteiger partial charge in [-0.2, -0.15) is 0 Å². The molecule has 0 atom stereocenters. The largest absolute Gasteiger partial charge is 0.372 e. The number of ether oxygens (including phenoxy) is 1. The number of carbonyl (C=O) groups is 1. The summed E-state index contributed by atoms with van der Waals surface area (Å²) in [6, 6.07) is 9.68. The van der Waals surface area contributed by atoms with Crippen LogP contribution in [0.5, 0.6) is 0 Å². The maximum absolute atomic E-state index is 11.7. The monoisotopic (exact) mass is 244 g/mol. The molecule has 4 nitrogen and oxygen atoms in total. The minimum atomic E-state index is 0.0554. The van der Waals surface area contributed by atoms with Gasteiger partial charge in [0.2, 0.25) is 0 Å². The van der Waals surface area contributed by atoms with Gasteiger partial charge in [0.15, 0.2) is 5.78 Å². The molecule has 94 valence electrons. The molecule has 1 heterocycles. The number of hydrogen-bond donors (Lipinski definition) is 1. The van der Waals surface area contributed by atoms with Gasteiger partial charge in [-0.25, -0.2) is 0 Å². The van der Waals surface area contributed by atoms with E-state index in [4.69, 9.17) is 10.5 Å². The lowest BCUT2D eigenvalue weighted by atomic mass is 10.0. The van der Waals surface area contributed by atoms with Crippen molar-refractivity contribution < 1.29 is 9.53 Å². The Labute approximate surface area is 106 Å². The van der Waals surface area contributed by atoms with Gasteiger partial charge in [0.1, 0.15) is 6.61 Å². The van der Waals surface area contributed by atoms with Gasteiger partial charge >= 0.3 is 0 Å². The Morgan fingerprint density at radius 3 is 2.94 bits per heavy atom. The number of ketones is 1. The highest BCUT2D eigenvalue weighted by atomic mass is 16.5. The second-order valence-corrected chi connectivity index (χ2v) is 4.04. The fourth-order valence-corrected chi connectivity index (χ4v) is 1.84. The number of hydrogen-bond acceptors (Lipinski definition) is 4. The summed E-state index contributed by atoms with van der Waals surface area (Å²) in [5, 5.41) is 1.02. The Bertz CT molecular complexity index is 535. The van der Waals surface area contributed by atoms with E-state index in [9.17, 15) is 4.79 Å². The van der Waals surface area contributed by atoms with Crippen molar-refractivity contribution in [3.8, 4) is 0 Å². The number of pyridine rings is 1. The highest BCUT2D eigenvalue weighted by Crippen LogP contribution is 2.16. The van der Waals surface area contributed by atoms with E-state index in [1.165, 1.54) is 0 Å². The molecule has 0 radical (unpaired) electrons. The molecular formula is C14H16N2O2. The zero-order valence-electron chi connectivity index (χ0n) is 10.1. The van der Waals surface area contributed by atoms with E-state index in [-0.39, 0.29) is 12.4 Å². The molecule has 2 aromatic rings. The predicted molar refractivity (Wildman–Crippen MR) is 70.3 cm³/mol. The van der Waals surface area contributed by atoms with E-state index in [0.717, 1.165) is 16.5 Å². The van der Waals surface area contributed by atoms with Crippen molar-refractivity contribution >= 4 is 16.7 Å². The van der Waals surface area contributed by atoms with Crippen LogP contribution >= 0.6 is 0 Å². The van der Waals surface area contributed by atoms with Crippen molar-refractivity contribution in [2.75, 3.05) is 19.8 Å². The number of aromatic nitrogens is 1. The van der Waals surface area contributed by atoms with Gasteiger partial charge in [-0.3, -0.25) is 9.78 Å². The Balaban J connectivity index is 2.09. The third kappa shape index (κ3) is 3.12. The maximum Gasteiger partial charge on any atom is 0.162 e. The van der Waals surface area contributed by atoms with E-state index in [2.05, 4.69) is 4.98 Å². The summed E-state index contributed by atoms with van der Waals surface area (Å²) < 4.78 is 5.14. The zero-order valence-corrected chi connectivity index (χ0v) is 10.1. The molecule has 0 bridgehead atoms. The average Bonchev–Trinajstić information content (AvgIpc) is 2.39. The molecule has 18 heavy (non-hydrogen) atoms. The molecule has 1 aromatic carbocycles. The van der Waals surface area contributed by atoms with Gasteiger partial charge in [-0.05, 0) is 17.7 Å². The average molecular weight is 244 g/mol. The number of rotatable bonds is 6. The topological polar surface area (TPSA) is 65.2 Å². The maximum atomic E-state index is 11.7. The fourth-order valence-electron chi connectivity index (χ4n) is 1.84. The number of nitrogens with two attached hydrogens (primary N) is 1. The number of para-hydroxylation sites is 1. The first-order chi connectivity index (χ1) is 8.81. The Morgan fingerprint density at radius 1 is 1.28 bits per heavy atom. The van der Waals surface area contributed by atoms with Crippen LogP contribution in [-0.4, -0.2) is 30.5 Å². The second-order valence-electron chi connectivity index (χ2n) is 4.04. The summed E-state index contributed by atoms with van der Waals surface area (Å²) in [7, 11) is 0. The molecule has 0 aliphatic carbocycles. The van der Waals surface area contributed by atoms with Gasteiger partial charge < -0.3 is 10.5 Å². The molecule has 0 aliphatic heterocycles. The van der Waals surface area contributed by atoms with Gasteiger partial charge in [-0.15, -0.1) is 0 Å². The molecule has 2 rings (SSSR count). The number of fused-ring (bicyclic) bond motifs is 1. The van der Waals surface area contributed by atoms with Crippen molar-refractivity contribution in [3.63, 3.8) is 0 Å². The fraction of sp³-hybridized carbons (Fsp3) is 0.286. The van der Waals surface area contributed by atoms with Crippen molar-refractivity contribution in [3.05, 3.63) is 42.1 Å². The molecule has 0 unspecified atom stereocenters. The summed E-state index contributed by atoms with van der Waals surface area (Å²) in [5.74, 6) is 0.0554. The van der Waals surface area contributed by atoms with Crippen LogP contribution in [0.2, 0.25) is 0 Å². The van der Waals surface area contributed by atoms with Crippen molar-refractivity contribution in [2.45, 2.75) is 6.42 Å². The molecule has 0 aliphatic rings. The molecule has 4 heteroatoms. The first-order valence-electron chi connectivity index (χ1n) is 5.93. The van der Waals surface area contributed by atoms with Gasteiger partial charge in [-0.1, -0.05) is 18.2 Å². The lowest BCUT2D eigenvalue weighted by molar-refractivity contribution is -0.122. The molecule has 0 saturated heterocycles. The summed E-state index contributed by atoms with van der Waals surface area (Å²) in [5.41, 5.74) is 7.19. The molecule has 2 N–H and O–H groups in total. The lowest BCUT2D eigenvalue weighted by Crippen LogP contribution is -2.16. The third-order valence-corrected chi connectivity index (χ3v) is 2.65. The normalized spacial score (nSPS) is 10.7. The van der Waals surface area contributed by atoms with Crippen molar-refractivity contribution in [1.82, 2.24) is 4.98 Å². The standard InChI is InChI=1S/C14H16N2O2/c15-6-8-18-10-12(17)9-11-5-7-16-14-4-2-1-3-13(11)14/h1-5,7H,6,8-10,15H2. The van der Waals surface area contributed by atoms with Gasteiger partial charge in [0.25, 0.3) is 0 Å². The van der Waals surface area contributed by atoms with Crippen LogP contribution in [0.3, 0.4) is 0 Å². The number of benzene rings is 1. The summed E-state index contributed by atoms with van der Waals surface area (Å²) in [6.45, 7) is 0.974. The molecule has 0 amide bonds. The van der Waals surface area contributed by atoms with Crippen LogP contribution in [-0.2, 0) is 16.0 Å².